The SMILES string of the molecule is CCOc1ccc(N(CC)c2ncc(C(F)(F)F)c(OC)n2)cc1. The minimum absolute atomic E-state index is 0.131. The van der Waals surface area contributed by atoms with Crippen LogP contribution in [0.25, 0.3) is 0 Å². The molecule has 2 rings (SSSR count). The average molecular weight is 341 g/mol. The molecule has 0 saturated heterocycles. The average Bonchev–Trinajstić information content (AvgIpc) is 2.56. The predicted octanol–water partition coefficient (Wildman–Crippen LogP) is 4.06. The molecule has 1 aromatic carbocycles. The summed E-state index contributed by atoms with van der Waals surface area (Å²) >= 11 is 0. The van der Waals surface area contributed by atoms with Crippen molar-refractivity contribution in [2.75, 3.05) is 25.2 Å². The zero-order valence-electron chi connectivity index (χ0n) is 13.6. The molecule has 0 unspecified atom stereocenters. The van der Waals surface area contributed by atoms with E-state index >= 15 is 0 Å². The molecule has 0 aliphatic carbocycles. The van der Waals surface area contributed by atoms with Crippen LogP contribution in [-0.2, 0) is 6.18 Å². The standard InChI is InChI=1S/C16H18F3N3O2/c1-4-22(11-6-8-12(9-7-11)24-5-2)15-20-10-13(16(17,18)19)14(21-15)23-3/h6-10H,4-5H2,1-3H3. The Labute approximate surface area is 138 Å². The third-order valence-electron chi connectivity index (χ3n) is 3.26. The highest BCUT2D eigenvalue weighted by atomic mass is 19.4. The summed E-state index contributed by atoms with van der Waals surface area (Å²) in [5.41, 5.74) is -0.265. The Hall–Kier alpha value is -2.51. The van der Waals surface area contributed by atoms with Crippen molar-refractivity contribution < 1.29 is 22.6 Å². The first-order valence-electron chi connectivity index (χ1n) is 7.39. The third-order valence-corrected chi connectivity index (χ3v) is 3.26. The van der Waals surface area contributed by atoms with Crippen LogP contribution in [-0.4, -0.2) is 30.2 Å². The highest BCUT2D eigenvalue weighted by molar-refractivity contribution is 5.58. The predicted molar refractivity (Wildman–Crippen MR) is 83.9 cm³/mol. The molecule has 5 nitrogen and oxygen atoms in total. The second-order valence-electron chi connectivity index (χ2n) is 4.76. The Morgan fingerprint density at radius 1 is 1.12 bits per heavy atom. The quantitative estimate of drug-likeness (QED) is 0.793. The van der Waals surface area contributed by atoms with E-state index in [4.69, 9.17) is 9.47 Å². The lowest BCUT2D eigenvalue weighted by molar-refractivity contribution is -0.139. The molecule has 8 heteroatoms. The highest BCUT2D eigenvalue weighted by Gasteiger charge is 2.36. The molecule has 0 saturated carbocycles. The van der Waals surface area contributed by atoms with E-state index in [1.807, 2.05) is 13.8 Å². The molecular formula is C16H18F3N3O2. The van der Waals surface area contributed by atoms with Gasteiger partial charge in [-0.05, 0) is 38.1 Å². The Morgan fingerprint density at radius 2 is 1.79 bits per heavy atom. The van der Waals surface area contributed by atoms with E-state index < -0.39 is 17.6 Å². The fourth-order valence-corrected chi connectivity index (χ4v) is 2.17. The van der Waals surface area contributed by atoms with E-state index in [0.29, 0.717) is 18.9 Å². The summed E-state index contributed by atoms with van der Waals surface area (Å²) in [6.45, 7) is 4.76. The van der Waals surface area contributed by atoms with Crippen molar-refractivity contribution in [3.63, 3.8) is 0 Å². The van der Waals surface area contributed by atoms with Crippen molar-refractivity contribution >= 4 is 11.6 Å². The van der Waals surface area contributed by atoms with Gasteiger partial charge >= 0.3 is 6.18 Å². The zero-order valence-corrected chi connectivity index (χ0v) is 13.6. The molecule has 2 aromatic rings. The lowest BCUT2D eigenvalue weighted by atomic mass is 10.2. The normalized spacial score (nSPS) is 11.2. The van der Waals surface area contributed by atoms with Gasteiger partial charge in [0.15, 0.2) is 0 Å². The first-order chi connectivity index (χ1) is 11.4. The minimum Gasteiger partial charge on any atom is -0.494 e. The van der Waals surface area contributed by atoms with E-state index in [-0.39, 0.29) is 5.95 Å². The maximum atomic E-state index is 12.9. The van der Waals surface area contributed by atoms with E-state index in [1.165, 1.54) is 0 Å². The van der Waals surface area contributed by atoms with Crippen LogP contribution in [0.2, 0.25) is 0 Å². The van der Waals surface area contributed by atoms with E-state index in [0.717, 1.165) is 19.0 Å². The lowest BCUT2D eigenvalue weighted by Crippen LogP contribution is -2.20. The molecule has 0 spiro atoms. The summed E-state index contributed by atoms with van der Waals surface area (Å²) in [6.07, 6.45) is -3.83. The fraction of sp³-hybridized carbons (Fsp3) is 0.375. The van der Waals surface area contributed by atoms with Gasteiger partial charge in [0.25, 0.3) is 0 Å². The molecule has 1 aromatic heterocycles. The van der Waals surface area contributed by atoms with Crippen molar-refractivity contribution in [2.45, 2.75) is 20.0 Å². The lowest BCUT2D eigenvalue weighted by Gasteiger charge is -2.22. The molecule has 0 aliphatic rings. The van der Waals surface area contributed by atoms with Crippen LogP contribution < -0.4 is 14.4 Å². The van der Waals surface area contributed by atoms with E-state index in [2.05, 4.69) is 9.97 Å². The largest absolute Gasteiger partial charge is 0.494 e. The van der Waals surface area contributed by atoms with Gasteiger partial charge in [-0.3, -0.25) is 0 Å². The smallest absolute Gasteiger partial charge is 0.423 e. The van der Waals surface area contributed by atoms with Crippen LogP contribution in [0.4, 0.5) is 24.8 Å². The summed E-state index contributed by atoms with van der Waals surface area (Å²) in [7, 11) is 1.15. The van der Waals surface area contributed by atoms with Crippen molar-refractivity contribution in [1.82, 2.24) is 9.97 Å². The number of halogens is 3. The van der Waals surface area contributed by atoms with Crippen LogP contribution in [0.15, 0.2) is 30.5 Å². The summed E-state index contributed by atoms with van der Waals surface area (Å²) in [5.74, 6) is 0.339. The molecule has 0 N–H and O–H groups in total. The topological polar surface area (TPSA) is 47.5 Å². The van der Waals surface area contributed by atoms with Crippen molar-refractivity contribution in [3.8, 4) is 11.6 Å². The minimum atomic E-state index is -4.57. The molecule has 0 amide bonds. The summed E-state index contributed by atoms with van der Waals surface area (Å²) < 4.78 is 48.9. The Bertz CT molecular complexity index is 675. The van der Waals surface area contributed by atoms with Crippen LogP contribution in [0.5, 0.6) is 11.6 Å². The number of anilines is 2. The first kappa shape index (κ1) is 17.8. The number of ether oxygens (including phenoxy) is 2. The van der Waals surface area contributed by atoms with Crippen LogP contribution >= 0.6 is 0 Å². The van der Waals surface area contributed by atoms with Gasteiger partial charge < -0.3 is 14.4 Å². The maximum Gasteiger partial charge on any atom is 0.423 e. The van der Waals surface area contributed by atoms with Gasteiger partial charge in [0.2, 0.25) is 11.8 Å². The fourth-order valence-electron chi connectivity index (χ4n) is 2.17. The number of aromatic nitrogens is 2. The highest BCUT2D eigenvalue weighted by Crippen LogP contribution is 2.36. The molecule has 1 heterocycles. The molecule has 0 radical (unpaired) electrons. The van der Waals surface area contributed by atoms with Crippen molar-refractivity contribution in [2.24, 2.45) is 0 Å². The number of alkyl halides is 3. The number of hydrogen-bond donors (Lipinski definition) is 0. The summed E-state index contributed by atoms with van der Waals surface area (Å²) in [6, 6.07) is 7.15. The van der Waals surface area contributed by atoms with E-state index in [1.54, 1.807) is 29.2 Å². The Balaban J connectivity index is 2.36. The number of rotatable bonds is 6. The van der Waals surface area contributed by atoms with Gasteiger partial charge in [-0.1, -0.05) is 0 Å². The number of benzene rings is 1. The second kappa shape index (κ2) is 7.37. The van der Waals surface area contributed by atoms with Gasteiger partial charge in [-0.25, -0.2) is 4.98 Å². The third kappa shape index (κ3) is 3.87. The van der Waals surface area contributed by atoms with Gasteiger partial charge in [-0.2, -0.15) is 18.2 Å². The summed E-state index contributed by atoms with van der Waals surface area (Å²) in [5, 5.41) is 0. The monoisotopic (exact) mass is 341 g/mol. The van der Waals surface area contributed by atoms with Crippen LogP contribution in [0, 0.1) is 0 Å². The molecule has 0 fully saturated rings. The molecule has 0 atom stereocenters. The van der Waals surface area contributed by atoms with Gasteiger partial charge in [-0.15, -0.1) is 0 Å². The number of methoxy groups -OCH3 is 1. The summed E-state index contributed by atoms with van der Waals surface area (Å²) in [4.78, 5) is 9.43. The number of nitrogens with zero attached hydrogens (tertiary/aromatic N) is 3. The van der Waals surface area contributed by atoms with Crippen molar-refractivity contribution in [1.29, 1.82) is 0 Å². The van der Waals surface area contributed by atoms with Crippen LogP contribution in [0.3, 0.4) is 0 Å². The van der Waals surface area contributed by atoms with E-state index in [9.17, 15) is 13.2 Å². The zero-order chi connectivity index (χ0) is 17.7. The maximum absolute atomic E-state index is 12.9. The van der Waals surface area contributed by atoms with Gasteiger partial charge in [0, 0.05) is 18.4 Å². The van der Waals surface area contributed by atoms with Gasteiger partial charge in [0.05, 0.1) is 13.7 Å². The molecular weight excluding hydrogens is 323 g/mol. The molecule has 24 heavy (non-hydrogen) atoms. The first-order valence-corrected chi connectivity index (χ1v) is 7.39. The molecule has 130 valence electrons. The van der Waals surface area contributed by atoms with Gasteiger partial charge in [0.1, 0.15) is 11.3 Å². The number of hydrogen-bond acceptors (Lipinski definition) is 5. The molecule has 0 aliphatic heterocycles. The van der Waals surface area contributed by atoms with Crippen molar-refractivity contribution in [3.05, 3.63) is 36.0 Å². The van der Waals surface area contributed by atoms with Crippen LogP contribution in [0.1, 0.15) is 19.4 Å². The Morgan fingerprint density at radius 3 is 2.29 bits per heavy atom. The second-order valence-corrected chi connectivity index (χ2v) is 4.76. The Kier molecular flexibility index (Phi) is 5.48. The molecule has 0 bridgehead atoms.